The lowest BCUT2D eigenvalue weighted by Gasteiger charge is -2.27. The van der Waals surface area contributed by atoms with Gasteiger partial charge >= 0.3 is 5.97 Å². The number of aryl methyl sites for hydroxylation is 3. The average Bonchev–Trinajstić information content (AvgIpc) is 2.80. The van der Waals surface area contributed by atoms with Crippen molar-refractivity contribution in [2.45, 2.75) is 45.2 Å². The monoisotopic (exact) mass is 512 g/mol. The molecule has 0 aliphatic rings. The maximum atomic E-state index is 13.2. The third-order valence-corrected chi connectivity index (χ3v) is 7.02. The Labute approximate surface area is 209 Å². The van der Waals surface area contributed by atoms with Gasteiger partial charge in [-0.1, -0.05) is 29.8 Å². The molecule has 0 radical (unpaired) electrons. The number of nitrogens with one attached hydrogen (secondary N) is 2. The van der Waals surface area contributed by atoms with E-state index in [1.54, 1.807) is 44.2 Å². The fourth-order valence-corrected chi connectivity index (χ4v) is 5.30. The van der Waals surface area contributed by atoms with E-state index in [0.717, 1.165) is 11.1 Å². The number of nitrogens with two attached hydrogens (primary N) is 1. The predicted octanol–water partition coefficient (Wildman–Crippen LogP) is 2.40. The number of hydrogen-bond acceptors (Lipinski definition) is 8. The van der Waals surface area contributed by atoms with Gasteiger partial charge in [-0.25, -0.2) is 23.2 Å². The maximum absolute atomic E-state index is 13.2. The molecule has 0 unspecified atom stereocenters. The van der Waals surface area contributed by atoms with Crippen LogP contribution in [0.25, 0.3) is 0 Å². The molecule has 1 heterocycles. The van der Waals surface area contributed by atoms with Crippen LogP contribution in [0, 0.1) is 20.8 Å². The van der Waals surface area contributed by atoms with Gasteiger partial charge in [-0.05, 0) is 62.6 Å². The molecule has 2 aromatic carbocycles. The number of sulfonamides is 1. The zero-order valence-corrected chi connectivity index (χ0v) is 21.1. The van der Waals surface area contributed by atoms with Crippen molar-refractivity contribution in [3.63, 3.8) is 0 Å². The van der Waals surface area contributed by atoms with E-state index in [9.17, 15) is 23.1 Å². The molecule has 0 bridgehead atoms. The largest absolute Gasteiger partial charge is 0.480 e. The number of aliphatic carboxylic acids is 1. The molecule has 0 aliphatic carbocycles. The molecule has 5 N–H and O–H groups in total. The number of nitrogens with zero attached hydrogens (tertiary/aromatic N) is 3. The van der Waals surface area contributed by atoms with Crippen molar-refractivity contribution in [3.05, 3.63) is 76.5 Å². The molecule has 1 atom stereocenters. The summed E-state index contributed by atoms with van der Waals surface area (Å²) in [5, 5.41) is 13.2. The molecule has 0 aliphatic heterocycles. The molecular weight excluding hydrogens is 484 g/mol. The minimum atomic E-state index is -4.26. The number of hydrazine groups is 1. The maximum Gasteiger partial charge on any atom is 0.327 e. The second kappa shape index (κ2) is 10.7. The van der Waals surface area contributed by atoms with Crippen LogP contribution in [0.3, 0.4) is 0 Å². The van der Waals surface area contributed by atoms with Crippen molar-refractivity contribution in [1.82, 2.24) is 19.8 Å². The first-order valence-corrected chi connectivity index (χ1v) is 12.5. The SMILES string of the molecule is Cc1cc(C)c(S(=O)(=O)NN(C(=O)c2ccc(CNc3ccnc(N)n3)cc2)[C@@H](C)C(=O)O)c(C)c1. The van der Waals surface area contributed by atoms with Crippen LogP contribution in [-0.4, -0.2) is 46.4 Å². The molecule has 1 amide bonds. The number of nitrogen functional groups attached to an aromatic ring is 1. The zero-order valence-electron chi connectivity index (χ0n) is 20.3. The second-order valence-electron chi connectivity index (χ2n) is 8.36. The number of hydrogen-bond donors (Lipinski definition) is 4. The third-order valence-electron chi connectivity index (χ3n) is 5.40. The number of amides is 1. The summed E-state index contributed by atoms with van der Waals surface area (Å²) in [6, 6.07) is 9.91. The lowest BCUT2D eigenvalue weighted by molar-refractivity contribution is -0.142. The first-order valence-electron chi connectivity index (χ1n) is 11.0. The molecular formula is C24H28N6O5S. The van der Waals surface area contributed by atoms with Crippen LogP contribution in [0.5, 0.6) is 0 Å². The van der Waals surface area contributed by atoms with Gasteiger partial charge in [0.15, 0.2) is 0 Å². The van der Waals surface area contributed by atoms with Crippen LogP contribution in [0.1, 0.15) is 39.5 Å². The minimum absolute atomic E-state index is 0.00438. The molecule has 11 nitrogen and oxygen atoms in total. The Balaban J connectivity index is 1.84. The first kappa shape index (κ1) is 26.6. The lowest BCUT2D eigenvalue weighted by atomic mass is 10.1. The highest BCUT2D eigenvalue weighted by Gasteiger charge is 2.32. The molecule has 3 rings (SSSR count). The van der Waals surface area contributed by atoms with Crippen molar-refractivity contribution >= 4 is 33.7 Å². The van der Waals surface area contributed by atoms with Gasteiger partial charge in [0.25, 0.3) is 15.9 Å². The Morgan fingerprint density at radius 2 is 1.69 bits per heavy atom. The van der Waals surface area contributed by atoms with E-state index in [1.165, 1.54) is 25.3 Å². The van der Waals surface area contributed by atoms with Crippen molar-refractivity contribution < 1.29 is 23.1 Å². The summed E-state index contributed by atoms with van der Waals surface area (Å²) >= 11 is 0. The summed E-state index contributed by atoms with van der Waals surface area (Å²) in [5.74, 6) is -1.51. The van der Waals surface area contributed by atoms with Crippen LogP contribution in [0.2, 0.25) is 0 Å². The second-order valence-corrected chi connectivity index (χ2v) is 9.96. The fourth-order valence-electron chi connectivity index (χ4n) is 3.74. The number of anilines is 2. The van der Waals surface area contributed by atoms with Crippen molar-refractivity contribution in [2.24, 2.45) is 0 Å². The number of aromatic nitrogens is 2. The van der Waals surface area contributed by atoms with Crippen LogP contribution in [-0.2, 0) is 21.4 Å². The molecule has 1 aromatic heterocycles. The predicted molar refractivity (Wildman–Crippen MR) is 134 cm³/mol. The summed E-state index contributed by atoms with van der Waals surface area (Å²) in [6.45, 7) is 6.73. The van der Waals surface area contributed by atoms with Gasteiger partial charge in [-0.2, -0.15) is 4.98 Å². The lowest BCUT2D eigenvalue weighted by Crippen LogP contribution is -2.53. The quantitative estimate of drug-likeness (QED) is 0.315. The zero-order chi connectivity index (χ0) is 26.6. The van der Waals surface area contributed by atoms with Gasteiger partial charge in [0.2, 0.25) is 5.95 Å². The van der Waals surface area contributed by atoms with Crippen LogP contribution < -0.4 is 15.9 Å². The van der Waals surface area contributed by atoms with Crippen LogP contribution in [0.15, 0.2) is 53.6 Å². The molecule has 190 valence electrons. The van der Waals surface area contributed by atoms with E-state index in [4.69, 9.17) is 5.73 Å². The number of carboxylic acid groups (broad SMARTS) is 1. The topological polar surface area (TPSA) is 168 Å². The van der Waals surface area contributed by atoms with E-state index in [1.807, 2.05) is 6.92 Å². The fraction of sp³-hybridized carbons (Fsp3) is 0.250. The van der Waals surface area contributed by atoms with Crippen molar-refractivity contribution in [3.8, 4) is 0 Å². The summed E-state index contributed by atoms with van der Waals surface area (Å²) in [7, 11) is -4.26. The van der Waals surface area contributed by atoms with Crippen molar-refractivity contribution in [1.29, 1.82) is 0 Å². The highest BCUT2D eigenvalue weighted by Crippen LogP contribution is 2.22. The Morgan fingerprint density at radius 3 is 2.25 bits per heavy atom. The highest BCUT2D eigenvalue weighted by molar-refractivity contribution is 7.89. The number of rotatable bonds is 9. The summed E-state index contributed by atoms with van der Waals surface area (Å²) in [4.78, 5) is 35.0. The van der Waals surface area contributed by atoms with E-state index >= 15 is 0 Å². The van der Waals surface area contributed by atoms with E-state index in [-0.39, 0.29) is 16.4 Å². The first-order chi connectivity index (χ1) is 16.9. The smallest absolute Gasteiger partial charge is 0.327 e. The normalized spacial score (nSPS) is 12.1. The van der Waals surface area contributed by atoms with Crippen LogP contribution >= 0.6 is 0 Å². The molecule has 0 saturated carbocycles. The average molecular weight is 513 g/mol. The Kier molecular flexibility index (Phi) is 7.90. The van der Waals surface area contributed by atoms with Gasteiger partial charge < -0.3 is 16.2 Å². The van der Waals surface area contributed by atoms with Gasteiger partial charge in [0.05, 0.1) is 4.90 Å². The molecule has 0 spiro atoms. The van der Waals surface area contributed by atoms with Gasteiger partial charge in [0, 0.05) is 18.3 Å². The molecule has 0 fully saturated rings. The van der Waals surface area contributed by atoms with Gasteiger partial charge in [-0.15, -0.1) is 4.83 Å². The Bertz CT molecular complexity index is 1370. The summed E-state index contributed by atoms with van der Waals surface area (Å²) < 4.78 is 26.5. The van der Waals surface area contributed by atoms with Gasteiger partial charge in [0.1, 0.15) is 11.9 Å². The minimum Gasteiger partial charge on any atom is -0.480 e. The summed E-state index contributed by atoms with van der Waals surface area (Å²) in [5.41, 5.74) is 8.32. The Morgan fingerprint density at radius 1 is 1.08 bits per heavy atom. The molecule has 36 heavy (non-hydrogen) atoms. The molecule has 12 heteroatoms. The molecule has 3 aromatic rings. The number of carbonyl (C=O) groups excluding carboxylic acids is 1. The van der Waals surface area contributed by atoms with Crippen LogP contribution in [0.4, 0.5) is 11.8 Å². The van der Waals surface area contributed by atoms with Gasteiger partial charge in [-0.3, -0.25) is 4.79 Å². The number of carbonyl (C=O) groups is 2. The highest BCUT2D eigenvalue weighted by atomic mass is 32.2. The number of carboxylic acids is 1. The van der Waals surface area contributed by atoms with Crippen molar-refractivity contribution in [2.75, 3.05) is 11.1 Å². The third kappa shape index (κ3) is 6.15. The Hall–Kier alpha value is -4.03. The van der Waals surface area contributed by atoms with E-state index < -0.39 is 27.9 Å². The standard InChI is InChI=1S/C24H28N6O5S/c1-14-11-15(2)21(16(3)12-14)36(34,35)29-30(17(4)23(32)33)22(31)19-7-5-18(6-8-19)13-27-20-9-10-26-24(25)28-20/h5-12,17,29H,13H2,1-4H3,(H,32,33)(H3,25,26,27,28)/t17-/m0/s1. The molecule has 0 saturated heterocycles. The summed E-state index contributed by atoms with van der Waals surface area (Å²) in [6.07, 6.45) is 1.52. The van der Waals surface area contributed by atoms with E-state index in [2.05, 4.69) is 20.1 Å². The van der Waals surface area contributed by atoms with E-state index in [0.29, 0.717) is 28.5 Å². The number of benzene rings is 2.